The quantitative estimate of drug-likeness (QED) is 0.662. The largest absolute Gasteiger partial charge is 0.433 e. The molecule has 0 fully saturated rings. The number of hydrogen-bond acceptors (Lipinski definition) is 3. The Bertz CT molecular complexity index is 497. The summed E-state index contributed by atoms with van der Waals surface area (Å²) in [7, 11) is 0. The first-order valence-electron chi connectivity index (χ1n) is 5.19. The lowest BCUT2D eigenvalue weighted by molar-refractivity contribution is -0.141. The SMILES string of the molecule is NC(=S)c1ccc(C(F)(F)F)nc1NCCC(F)(F)F. The van der Waals surface area contributed by atoms with E-state index in [2.05, 4.69) is 22.5 Å². The van der Waals surface area contributed by atoms with Crippen LogP contribution in [0.3, 0.4) is 0 Å². The Hall–Kier alpha value is -1.58. The van der Waals surface area contributed by atoms with Gasteiger partial charge in [0.15, 0.2) is 0 Å². The van der Waals surface area contributed by atoms with Crippen LogP contribution in [0.1, 0.15) is 17.7 Å². The molecule has 0 aliphatic heterocycles. The van der Waals surface area contributed by atoms with E-state index in [0.29, 0.717) is 6.07 Å². The fraction of sp³-hybridized carbons (Fsp3) is 0.400. The molecule has 0 bridgehead atoms. The molecule has 1 heterocycles. The number of nitrogens with two attached hydrogens (primary N) is 1. The minimum atomic E-state index is -4.71. The van der Waals surface area contributed by atoms with Crippen molar-refractivity contribution in [1.29, 1.82) is 0 Å². The summed E-state index contributed by atoms with van der Waals surface area (Å²) >= 11 is 4.60. The number of aromatic nitrogens is 1. The van der Waals surface area contributed by atoms with Crippen molar-refractivity contribution in [3.05, 3.63) is 23.4 Å². The van der Waals surface area contributed by atoms with E-state index in [1.165, 1.54) is 0 Å². The lowest BCUT2D eigenvalue weighted by Gasteiger charge is -2.14. The first-order valence-corrected chi connectivity index (χ1v) is 5.60. The molecular weight excluding hydrogens is 308 g/mol. The Morgan fingerprint density at radius 1 is 1.20 bits per heavy atom. The number of pyridine rings is 1. The second-order valence-electron chi connectivity index (χ2n) is 3.75. The van der Waals surface area contributed by atoms with Crippen LogP contribution < -0.4 is 11.1 Å². The zero-order valence-electron chi connectivity index (χ0n) is 9.77. The number of nitrogens with zero attached hydrogens (tertiary/aromatic N) is 1. The summed E-state index contributed by atoms with van der Waals surface area (Å²) < 4.78 is 73.4. The fourth-order valence-electron chi connectivity index (χ4n) is 1.27. The van der Waals surface area contributed by atoms with Gasteiger partial charge in [-0.3, -0.25) is 0 Å². The number of thiocarbonyl (C=S) groups is 1. The number of hydrogen-bond donors (Lipinski definition) is 2. The maximum atomic E-state index is 12.5. The van der Waals surface area contributed by atoms with E-state index >= 15 is 0 Å². The minimum Gasteiger partial charge on any atom is -0.389 e. The minimum absolute atomic E-state index is 0.0461. The zero-order valence-corrected chi connectivity index (χ0v) is 10.6. The van der Waals surface area contributed by atoms with Crippen LogP contribution in [0.15, 0.2) is 12.1 Å². The average Bonchev–Trinajstić information content (AvgIpc) is 2.25. The van der Waals surface area contributed by atoms with Gasteiger partial charge in [0, 0.05) is 6.54 Å². The predicted molar refractivity (Wildman–Crippen MR) is 64.3 cm³/mol. The fourth-order valence-corrected chi connectivity index (χ4v) is 1.44. The van der Waals surface area contributed by atoms with Gasteiger partial charge in [0.2, 0.25) is 0 Å². The predicted octanol–water partition coefficient (Wildman–Crippen LogP) is 3.10. The van der Waals surface area contributed by atoms with Crippen molar-refractivity contribution in [2.45, 2.75) is 18.8 Å². The molecule has 10 heteroatoms. The summed E-state index contributed by atoms with van der Waals surface area (Å²) in [5.41, 5.74) is 3.99. The van der Waals surface area contributed by atoms with Gasteiger partial charge in [0.1, 0.15) is 16.5 Å². The summed E-state index contributed by atoms with van der Waals surface area (Å²) in [6.07, 6.45) is -10.4. The van der Waals surface area contributed by atoms with Crippen molar-refractivity contribution in [2.24, 2.45) is 5.73 Å². The summed E-state index contributed by atoms with van der Waals surface area (Å²) in [5, 5.41) is 2.17. The first-order chi connectivity index (χ1) is 9.00. The third-order valence-electron chi connectivity index (χ3n) is 2.15. The number of halogens is 6. The molecule has 0 amide bonds. The van der Waals surface area contributed by atoms with E-state index in [1.807, 2.05) is 0 Å². The second-order valence-corrected chi connectivity index (χ2v) is 4.19. The number of nitrogens with one attached hydrogen (secondary N) is 1. The van der Waals surface area contributed by atoms with Gasteiger partial charge in [-0.1, -0.05) is 12.2 Å². The zero-order chi connectivity index (χ0) is 15.6. The van der Waals surface area contributed by atoms with Gasteiger partial charge < -0.3 is 11.1 Å². The van der Waals surface area contributed by atoms with Crippen LogP contribution in [0.25, 0.3) is 0 Å². The molecule has 20 heavy (non-hydrogen) atoms. The summed E-state index contributed by atoms with van der Waals surface area (Å²) in [5.74, 6) is -0.420. The molecule has 1 rings (SSSR count). The monoisotopic (exact) mass is 317 g/mol. The molecule has 0 aliphatic carbocycles. The highest BCUT2D eigenvalue weighted by Gasteiger charge is 2.33. The van der Waals surface area contributed by atoms with Crippen molar-refractivity contribution in [2.75, 3.05) is 11.9 Å². The summed E-state index contributed by atoms with van der Waals surface area (Å²) in [6.45, 7) is -0.632. The van der Waals surface area contributed by atoms with Crippen LogP contribution in [-0.4, -0.2) is 22.7 Å². The van der Waals surface area contributed by atoms with Gasteiger partial charge in [0.25, 0.3) is 0 Å². The Kier molecular flexibility index (Phi) is 4.79. The van der Waals surface area contributed by atoms with Crippen LogP contribution in [0.2, 0.25) is 0 Å². The Morgan fingerprint density at radius 3 is 2.25 bits per heavy atom. The van der Waals surface area contributed by atoms with Gasteiger partial charge in [0.05, 0.1) is 12.0 Å². The van der Waals surface area contributed by atoms with E-state index in [4.69, 9.17) is 5.73 Å². The number of rotatable bonds is 4. The molecule has 1 aromatic rings. The van der Waals surface area contributed by atoms with Gasteiger partial charge in [-0.2, -0.15) is 26.3 Å². The summed E-state index contributed by atoms with van der Waals surface area (Å²) in [4.78, 5) is 2.95. The van der Waals surface area contributed by atoms with Crippen molar-refractivity contribution >= 4 is 23.0 Å². The van der Waals surface area contributed by atoms with Crippen molar-refractivity contribution < 1.29 is 26.3 Å². The Morgan fingerprint density at radius 2 is 1.80 bits per heavy atom. The number of alkyl halides is 6. The van der Waals surface area contributed by atoms with Gasteiger partial charge in [-0.15, -0.1) is 0 Å². The van der Waals surface area contributed by atoms with E-state index in [1.54, 1.807) is 0 Å². The van der Waals surface area contributed by atoms with E-state index in [9.17, 15) is 26.3 Å². The molecule has 0 radical (unpaired) electrons. The topological polar surface area (TPSA) is 50.9 Å². The number of anilines is 1. The molecule has 0 saturated heterocycles. The van der Waals surface area contributed by atoms with Gasteiger partial charge in [-0.05, 0) is 12.1 Å². The molecule has 112 valence electrons. The third kappa shape index (κ3) is 4.83. The molecule has 0 unspecified atom stereocenters. The Labute approximate surface area is 115 Å². The summed E-state index contributed by atoms with van der Waals surface area (Å²) in [6, 6.07) is 1.62. The lowest BCUT2D eigenvalue weighted by atomic mass is 10.2. The normalized spacial score (nSPS) is 12.3. The van der Waals surface area contributed by atoms with Crippen LogP contribution in [0.5, 0.6) is 0 Å². The highest BCUT2D eigenvalue weighted by Crippen LogP contribution is 2.29. The Balaban J connectivity index is 2.98. The average molecular weight is 317 g/mol. The van der Waals surface area contributed by atoms with Gasteiger partial charge in [-0.25, -0.2) is 4.98 Å². The molecule has 3 N–H and O–H groups in total. The van der Waals surface area contributed by atoms with E-state index in [0.717, 1.165) is 6.07 Å². The first kappa shape index (κ1) is 16.5. The molecule has 0 saturated carbocycles. The van der Waals surface area contributed by atoms with Crippen LogP contribution >= 0.6 is 12.2 Å². The molecular formula is C10H9F6N3S. The van der Waals surface area contributed by atoms with Crippen LogP contribution in [0.4, 0.5) is 32.2 Å². The highest BCUT2D eigenvalue weighted by atomic mass is 32.1. The molecule has 0 spiro atoms. The van der Waals surface area contributed by atoms with Crippen molar-refractivity contribution in [1.82, 2.24) is 4.98 Å². The molecule has 0 aliphatic rings. The van der Waals surface area contributed by atoms with E-state index in [-0.39, 0.29) is 10.6 Å². The van der Waals surface area contributed by atoms with Crippen LogP contribution in [0, 0.1) is 0 Å². The van der Waals surface area contributed by atoms with Crippen molar-refractivity contribution in [3.63, 3.8) is 0 Å². The lowest BCUT2D eigenvalue weighted by Crippen LogP contribution is -2.20. The molecule has 1 aromatic heterocycles. The molecule has 0 atom stereocenters. The molecule has 3 nitrogen and oxygen atoms in total. The smallest absolute Gasteiger partial charge is 0.389 e. The van der Waals surface area contributed by atoms with Crippen molar-refractivity contribution in [3.8, 4) is 0 Å². The van der Waals surface area contributed by atoms with Crippen LogP contribution in [-0.2, 0) is 6.18 Å². The molecule has 0 aromatic carbocycles. The second kappa shape index (κ2) is 5.81. The van der Waals surface area contributed by atoms with Gasteiger partial charge >= 0.3 is 12.4 Å². The van der Waals surface area contributed by atoms with E-state index < -0.39 is 36.8 Å². The maximum absolute atomic E-state index is 12.5. The highest BCUT2D eigenvalue weighted by molar-refractivity contribution is 7.80. The third-order valence-corrected chi connectivity index (χ3v) is 2.37. The maximum Gasteiger partial charge on any atom is 0.433 e. The standard InChI is InChI=1S/C10H9F6N3S/c11-9(12,13)3-4-18-8-5(7(17)20)1-2-6(19-8)10(14,15)16/h1-2H,3-4H2,(H2,17,20)(H,18,19).